The standard InChI is InChI=1S/C21H22FN3O3S/c1-2-27-17-8-4-3-7-16(17)23-20(26)25-12-10-14(11-13-25)28-21-24-19-15(22)6-5-9-18(19)29-21/h3-9,14H,2,10-13H2,1H3,(H,23,26). The highest BCUT2D eigenvalue weighted by Gasteiger charge is 2.25. The lowest BCUT2D eigenvalue weighted by Gasteiger charge is -2.31. The Bertz CT molecular complexity index is 1000. The van der Waals surface area contributed by atoms with Crippen molar-refractivity contribution in [3.63, 3.8) is 0 Å². The Morgan fingerprint density at radius 3 is 2.79 bits per heavy atom. The molecule has 1 N–H and O–H groups in total. The molecule has 2 heterocycles. The van der Waals surface area contributed by atoms with Gasteiger partial charge in [0.25, 0.3) is 5.19 Å². The van der Waals surface area contributed by atoms with E-state index < -0.39 is 0 Å². The predicted octanol–water partition coefficient (Wildman–Crippen LogP) is 4.91. The topological polar surface area (TPSA) is 63.7 Å². The third-order valence-electron chi connectivity index (χ3n) is 4.78. The minimum Gasteiger partial charge on any atom is -0.492 e. The number of urea groups is 1. The Balaban J connectivity index is 1.33. The molecule has 29 heavy (non-hydrogen) atoms. The van der Waals surface area contributed by atoms with Crippen LogP contribution in [0.5, 0.6) is 10.9 Å². The van der Waals surface area contributed by atoms with Gasteiger partial charge in [0.1, 0.15) is 23.2 Å². The molecule has 1 fully saturated rings. The van der Waals surface area contributed by atoms with Gasteiger partial charge >= 0.3 is 6.03 Å². The largest absolute Gasteiger partial charge is 0.492 e. The van der Waals surface area contributed by atoms with Gasteiger partial charge in [-0.05, 0) is 31.2 Å². The molecule has 0 radical (unpaired) electrons. The Morgan fingerprint density at radius 2 is 2.03 bits per heavy atom. The SMILES string of the molecule is CCOc1ccccc1NC(=O)N1CCC(Oc2nc3c(F)cccc3s2)CC1. The second kappa shape index (κ2) is 8.65. The summed E-state index contributed by atoms with van der Waals surface area (Å²) < 4.78 is 26.1. The number of amides is 2. The summed E-state index contributed by atoms with van der Waals surface area (Å²) in [6, 6.07) is 12.1. The normalized spacial score (nSPS) is 14.8. The summed E-state index contributed by atoms with van der Waals surface area (Å²) in [6.45, 7) is 3.59. The van der Waals surface area contributed by atoms with E-state index in [1.54, 1.807) is 11.0 Å². The molecule has 8 heteroatoms. The lowest BCUT2D eigenvalue weighted by Crippen LogP contribution is -2.43. The van der Waals surface area contributed by atoms with Crippen LogP contribution in [0.4, 0.5) is 14.9 Å². The molecule has 1 aromatic heterocycles. The maximum absolute atomic E-state index is 13.8. The molecule has 3 aromatic rings. The van der Waals surface area contributed by atoms with Crippen molar-refractivity contribution >= 4 is 33.3 Å². The number of hydrogen-bond donors (Lipinski definition) is 1. The fourth-order valence-corrected chi connectivity index (χ4v) is 4.21. The maximum Gasteiger partial charge on any atom is 0.321 e. The smallest absolute Gasteiger partial charge is 0.321 e. The molecule has 0 saturated carbocycles. The van der Waals surface area contributed by atoms with E-state index in [9.17, 15) is 9.18 Å². The molecular weight excluding hydrogens is 393 g/mol. The minimum absolute atomic E-state index is 0.0432. The number of carbonyl (C=O) groups is 1. The molecular formula is C21H22FN3O3S. The third kappa shape index (κ3) is 4.42. The predicted molar refractivity (Wildman–Crippen MR) is 111 cm³/mol. The molecule has 6 nitrogen and oxygen atoms in total. The van der Waals surface area contributed by atoms with Crippen LogP contribution >= 0.6 is 11.3 Å². The first-order valence-electron chi connectivity index (χ1n) is 9.63. The summed E-state index contributed by atoms with van der Waals surface area (Å²) >= 11 is 1.34. The first-order chi connectivity index (χ1) is 14.1. The number of nitrogens with one attached hydrogen (secondary N) is 1. The van der Waals surface area contributed by atoms with Crippen molar-refractivity contribution in [1.82, 2.24) is 9.88 Å². The number of rotatable bonds is 5. The summed E-state index contributed by atoms with van der Waals surface area (Å²) in [6.07, 6.45) is 1.34. The summed E-state index contributed by atoms with van der Waals surface area (Å²) in [5, 5.41) is 3.39. The molecule has 4 rings (SSSR count). The number of ether oxygens (including phenoxy) is 2. The number of benzene rings is 2. The highest BCUT2D eigenvalue weighted by atomic mass is 32.1. The lowest BCUT2D eigenvalue weighted by molar-refractivity contribution is 0.115. The number of fused-ring (bicyclic) bond motifs is 1. The quantitative estimate of drug-likeness (QED) is 0.643. The molecule has 2 aromatic carbocycles. The van der Waals surface area contributed by atoms with E-state index in [0.717, 1.165) is 4.70 Å². The number of hydrogen-bond acceptors (Lipinski definition) is 5. The number of piperidine rings is 1. The van der Waals surface area contributed by atoms with E-state index >= 15 is 0 Å². The number of nitrogens with zero attached hydrogens (tertiary/aromatic N) is 2. The van der Waals surface area contributed by atoms with Crippen LogP contribution in [-0.4, -0.2) is 41.7 Å². The molecule has 0 spiro atoms. The number of halogens is 1. The van der Waals surface area contributed by atoms with Crippen LogP contribution in [0.3, 0.4) is 0 Å². The van der Waals surface area contributed by atoms with Gasteiger partial charge in [-0.2, -0.15) is 4.98 Å². The van der Waals surface area contributed by atoms with E-state index in [1.807, 2.05) is 37.3 Å². The zero-order valence-electron chi connectivity index (χ0n) is 16.1. The third-order valence-corrected chi connectivity index (χ3v) is 5.69. The Morgan fingerprint density at radius 1 is 1.24 bits per heavy atom. The summed E-state index contributed by atoms with van der Waals surface area (Å²) in [4.78, 5) is 18.6. The molecule has 0 bridgehead atoms. The number of carbonyl (C=O) groups excluding carboxylic acids is 1. The van der Waals surface area contributed by atoms with Crippen LogP contribution in [0.25, 0.3) is 10.2 Å². The zero-order valence-corrected chi connectivity index (χ0v) is 16.9. The highest BCUT2D eigenvalue weighted by Crippen LogP contribution is 2.31. The average Bonchev–Trinajstić information content (AvgIpc) is 3.14. The van der Waals surface area contributed by atoms with Crippen molar-refractivity contribution < 1.29 is 18.7 Å². The second-order valence-electron chi connectivity index (χ2n) is 6.73. The Kier molecular flexibility index (Phi) is 5.80. The zero-order chi connectivity index (χ0) is 20.2. The van der Waals surface area contributed by atoms with Gasteiger partial charge in [-0.25, -0.2) is 9.18 Å². The van der Waals surface area contributed by atoms with Gasteiger partial charge in [0, 0.05) is 25.9 Å². The number of aromatic nitrogens is 1. The first-order valence-corrected chi connectivity index (χ1v) is 10.4. The van der Waals surface area contributed by atoms with E-state index in [4.69, 9.17) is 9.47 Å². The van der Waals surface area contributed by atoms with Crippen molar-refractivity contribution in [3.05, 3.63) is 48.3 Å². The molecule has 0 aliphatic carbocycles. The van der Waals surface area contributed by atoms with E-state index in [1.165, 1.54) is 17.4 Å². The molecule has 1 aliphatic heterocycles. The monoisotopic (exact) mass is 415 g/mol. The molecule has 152 valence electrons. The van der Waals surface area contributed by atoms with Crippen molar-refractivity contribution in [2.45, 2.75) is 25.9 Å². The highest BCUT2D eigenvalue weighted by molar-refractivity contribution is 7.20. The number of para-hydroxylation sites is 3. The first kappa shape index (κ1) is 19.4. The van der Waals surface area contributed by atoms with Crippen LogP contribution < -0.4 is 14.8 Å². The minimum atomic E-state index is -0.340. The van der Waals surface area contributed by atoms with Crippen molar-refractivity contribution in [2.24, 2.45) is 0 Å². The number of likely N-dealkylation sites (tertiary alicyclic amines) is 1. The second-order valence-corrected chi connectivity index (χ2v) is 7.72. The fourth-order valence-electron chi connectivity index (χ4n) is 3.31. The van der Waals surface area contributed by atoms with Crippen LogP contribution in [0.15, 0.2) is 42.5 Å². The summed E-state index contributed by atoms with van der Waals surface area (Å²) in [5.41, 5.74) is 1.01. The van der Waals surface area contributed by atoms with Crippen molar-refractivity contribution in [2.75, 3.05) is 25.0 Å². The van der Waals surface area contributed by atoms with Gasteiger partial charge in [0.05, 0.1) is 17.0 Å². The van der Waals surface area contributed by atoms with Crippen LogP contribution in [-0.2, 0) is 0 Å². The van der Waals surface area contributed by atoms with Crippen LogP contribution in [0.1, 0.15) is 19.8 Å². The van der Waals surface area contributed by atoms with E-state index in [2.05, 4.69) is 10.3 Å². The molecule has 0 atom stereocenters. The molecule has 0 unspecified atom stereocenters. The van der Waals surface area contributed by atoms with Gasteiger partial charge in [-0.15, -0.1) is 0 Å². The van der Waals surface area contributed by atoms with Gasteiger partial charge in [0.15, 0.2) is 0 Å². The molecule has 1 saturated heterocycles. The van der Waals surface area contributed by atoms with Gasteiger partial charge in [-0.3, -0.25) is 0 Å². The van der Waals surface area contributed by atoms with Gasteiger partial charge < -0.3 is 19.7 Å². The lowest BCUT2D eigenvalue weighted by atomic mass is 10.1. The number of anilines is 1. The van der Waals surface area contributed by atoms with Crippen LogP contribution in [0.2, 0.25) is 0 Å². The van der Waals surface area contributed by atoms with E-state index in [-0.39, 0.29) is 18.0 Å². The van der Waals surface area contributed by atoms with Crippen LogP contribution in [0, 0.1) is 5.82 Å². The maximum atomic E-state index is 13.8. The summed E-state index contributed by atoms with van der Waals surface area (Å²) in [5.74, 6) is 0.317. The molecule has 2 amide bonds. The van der Waals surface area contributed by atoms with Gasteiger partial charge in [-0.1, -0.05) is 29.5 Å². The van der Waals surface area contributed by atoms with Crippen molar-refractivity contribution in [1.29, 1.82) is 0 Å². The molecule has 1 aliphatic rings. The fraction of sp³-hybridized carbons (Fsp3) is 0.333. The summed E-state index contributed by atoms with van der Waals surface area (Å²) in [7, 11) is 0. The Labute approximate surface area is 172 Å². The van der Waals surface area contributed by atoms with Gasteiger partial charge in [0.2, 0.25) is 0 Å². The van der Waals surface area contributed by atoms with Crippen molar-refractivity contribution in [3.8, 4) is 10.9 Å². The Hall–Kier alpha value is -2.87. The average molecular weight is 415 g/mol. The number of thiazole rings is 1. The van der Waals surface area contributed by atoms with E-state index in [0.29, 0.717) is 54.7 Å².